The molecule has 4 rings (SSSR count). The van der Waals surface area contributed by atoms with Gasteiger partial charge >= 0.3 is 0 Å². The number of aliphatic hydroxyl groups is 5. The maximum absolute atomic E-state index is 10.7. The smallest absolute Gasteiger partial charge is 0.227 e. The van der Waals surface area contributed by atoms with Gasteiger partial charge in [0.15, 0.2) is 11.9 Å². The van der Waals surface area contributed by atoms with Crippen LogP contribution in [-0.2, 0) is 21.7 Å². The molecule has 0 spiro atoms. The molecule has 5 N–H and O–H groups in total. The quantitative estimate of drug-likeness (QED) is 0.442. The largest absolute Gasteiger partial charge is 0.494 e. The van der Waals surface area contributed by atoms with Crippen molar-refractivity contribution in [3.63, 3.8) is 0 Å². The standard InChI is InChI=1S/C23H28O8/c1-3-29-17-8-5-14(6-9-17)10-15-11-16(7-4-13(15)2)23-20(27)18(25)19(26)22(12-24,31-23)21(28)30-23/h4-9,11,18-21,24-28H,3,10,12H2,1-2H3/t18-,19-,20+,21?,22+,23-/m0/s1. The molecule has 1 unspecified atom stereocenters. The number of ether oxygens (including phenoxy) is 3. The van der Waals surface area contributed by atoms with Crippen molar-refractivity contribution in [3.8, 4) is 5.75 Å². The molecule has 0 saturated carbocycles. The third kappa shape index (κ3) is 3.44. The first-order valence-electron chi connectivity index (χ1n) is 10.3. The van der Waals surface area contributed by atoms with Crippen molar-refractivity contribution in [2.75, 3.05) is 13.2 Å². The van der Waals surface area contributed by atoms with Crippen LogP contribution in [0.1, 0.15) is 29.2 Å². The van der Waals surface area contributed by atoms with Crippen molar-refractivity contribution in [1.29, 1.82) is 0 Å². The van der Waals surface area contributed by atoms with Crippen LogP contribution in [0.3, 0.4) is 0 Å². The van der Waals surface area contributed by atoms with E-state index in [0.717, 1.165) is 22.4 Å². The fourth-order valence-corrected chi connectivity index (χ4v) is 4.32. The average Bonchev–Trinajstić information content (AvgIpc) is 3.06. The SMILES string of the molecule is CCOc1ccc(Cc2cc([C@]34OC(O)[C@](CO)(O3)[C@@H](O)[C@H](O)[C@H]4O)ccc2C)cc1. The van der Waals surface area contributed by atoms with E-state index in [1.165, 1.54) is 0 Å². The Morgan fingerprint density at radius 1 is 1.00 bits per heavy atom. The summed E-state index contributed by atoms with van der Waals surface area (Å²) in [7, 11) is 0. The summed E-state index contributed by atoms with van der Waals surface area (Å²) in [5.74, 6) is -1.14. The summed E-state index contributed by atoms with van der Waals surface area (Å²) in [6.07, 6.45) is -6.26. The average molecular weight is 432 g/mol. The highest BCUT2D eigenvalue weighted by atomic mass is 16.8. The van der Waals surface area contributed by atoms with Crippen LogP contribution >= 0.6 is 0 Å². The number of fused-ring (bicyclic) bond motifs is 2. The van der Waals surface area contributed by atoms with E-state index in [1.54, 1.807) is 12.1 Å². The van der Waals surface area contributed by atoms with Gasteiger partial charge in [-0.2, -0.15) is 0 Å². The summed E-state index contributed by atoms with van der Waals surface area (Å²) in [5, 5.41) is 51.7. The molecule has 2 aliphatic heterocycles. The fourth-order valence-electron chi connectivity index (χ4n) is 4.32. The first-order chi connectivity index (χ1) is 14.8. The van der Waals surface area contributed by atoms with Crippen LogP contribution in [0.5, 0.6) is 5.75 Å². The Kier molecular flexibility index (Phi) is 5.82. The number of benzene rings is 2. The van der Waals surface area contributed by atoms with Gasteiger partial charge in [-0.1, -0.05) is 24.3 Å². The topological polar surface area (TPSA) is 129 Å². The molecule has 6 atom stereocenters. The lowest BCUT2D eigenvalue weighted by atomic mass is 9.82. The third-order valence-corrected chi connectivity index (χ3v) is 6.21. The van der Waals surface area contributed by atoms with E-state index in [0.29, 0.717) is 18.6 Å². The van der Waals surface area contributed by atoms with Crippen LogP contribution in [0.4, 0.5) is 0 Å². The van der Waals surface area contributed by atoms with Gasteiger partial charge in [0.05, 0.1) is 13.2 Å². The first-order valence-corrected chi connectivity index (χ1v) is 10.3. The van der Waals surface area contributed by atoms with Crippen LogP contribution in [0.15, 0.2) is 42.5 Å². The maximum Gasteiger partial charge on any atom is 0.227 e. The predicted octanol–water partition coefficient (Wildman–Crippen LogP) is 0.330. The van der Waals surface area contributed by atoms with Crippen LogP contribution in [-0.4, -0.2) is 68.9 Å². The molecule has 2 heterocycles. The minimum Gasteiger partial charge on any atom is -0.494 e. The zero-order chi connectivity index (χ0) is 22.4. The number of aliphatic hydroxyl groups excluding tert-OH is 5. The molecule has 31 heavy (non-hydrogen) atoms. The molecule has 8 nitrogen and oxygen atoms in total. The molecule has 0 aromatic heterocycles. The Labute approximate surface area is 180 Å². The molecule has 2 aromatic carbocycles. The Morgan fingerprint density at radius 2 is 1.71 bits per heavy atom. The molecule has 2 aromatic rings. The van der Waals surface area contributed by atoms with Crippen LogP contribution in [0.2, 0.25) is 0 Å². The summed E-state index contributed by atoms with van der Waals surface area (Å²) >= 11 is 0. The lowest BCUT2D eigenvalue weighted by molar-refractivity contribution is -0.329. The number of rotatable bonds is 6. The van der Waals surface area contributed by atoms with Gasteiger partial charge in [-0.3, -0.25) is 0 Å². The van der Waals surface area contributed by atoms with Crippen molar-refractivity contribution in [2.24, 2.45) is 0 Å². The van der Waals surface area contributed by atoms with E-state index >= 15 is 0 Å². The van der Waals surface area contributed by atoms with E-state index in [-0.39, 0.29) is 0 Å². The highest BCUT2D eigenvalue weighted by Gasteiger charge is 2.71. The fraction of sp³-hybridized carbons (Fsp3) is 0.478. The summed E-state index contributed by atoms with van der Waals surface area (Å²) in [6, 6.07) is 13.0. The number of aryl methyl sites for hydroxylation is 1. The van der Waals surface area contributed by atoms with Gasteiger partial charge in [0.1, 0.15) is 24.1 Å². The maximum atomic E-state index is 10.7. The minimum atomic E-state index is -1.96. The van der Waals surface area contributed by atoms with Crippen LogP contribution in [0.25, 0.3) is 0 Å². The van der Waals surface area contributed by atoms with Gasteiger partial charge in [-0.15, -0.1) is 0 Å². The second-order valence-electron chi connectivity index (χ2n) is 8.13. The normalized spacial score (nSPS) is 34.7. The monoisotopic (exact) mass is 432 g/mol. The Morgan fingerprint density at radius 3 is 2.35 bits per heavy atom. The lowest BCUT2D eigenvalue weighted by Gasteiger charge is -2.45. The van der Waals surface area contributed by atoms with Crippen molar-refractivity contribution < 1.29 is 39.7 Å². The lowest BCUT2D eigenvalue weighted by Crippen LogP contribution is -2.66. The van der Waals surface area contributed by atoms with Crippen molar-refractivity contribution in [1.82, 2.24) is 0 Å². The summed E-state index contributed by atoms with van der Waals surface area (Å²) in [5.41, 5.74) is 1.36. The van der Waals surface area contributed by atoms with Crippen molar-refractivity contribution in [3.05, 3.63) is 64.7 Å². The van der Waals surface area contributed by atoms with E-state index in [9.17, 15) is 25.5 Å². The molecule has 8 heteroatoms. The molecule has 2 bridgehead atoms. The molecule has 0 amide bonds. The second-order valence-corrected chi connectivity index (χ2v) is 8.13. The molecule has 168 valence electrons. The molecule has 0 radical (unpaired) electrons. The highest BCUT2D eigenvalue weighted by molar-refractivity contribution is 5.40. The first kappa shape index (κ1) is 22.2. The molecule has 2 saturated heterocycles. The van der Waals surface area contributed by atoms with E-state index in [4.69, 9.17) is 14.2 Å². The Hall–Kier alpha value is -2.04. The minimum absolute atomic E-state index is 0.367. The van der Waals surface area contributed by atoms with Gasteiger partial charge < -0.3 is 39.7 Å². The molecular formula is C23H28O8. The van der Waals surface area contributed by atoms with Gasteiger partial charge in [0, 0.05) is 5.56 Å². The van der Waals surface area contributed by atoms with E-state index in [2.05, 4.69) is 0 Å². The molecular weight excluding hydrogens is 404 g/mol. The Bertz CT molecular complexity index is 932. The molecule has 0 aliphatic carbocycles. The second kappa shape index (κ2) is 8.14. The van der Waals surface area contributed by atoms with Gasteiger partial charge in [-0.25, -0.2) is 0 Å². The molecule has 2 aliphatic rings. The van der Waals surface area contributed by atoms with E-state index < -0.39 is 42.6 Å². The van der Waals surface area contributed by atoms with Crippen molar-refractivity contribution in [2.45, 2.75) is 56.3 Å². The van der Waals surface area contributed by atoms with Gasteiger partial charge in [0.25, 0.3) is 0 Å². The summed E-state index contributed by atoms with van der Waals surface area (Å²) < 4.78 is 16.9. The third-order valence-electron chi connectivity index (χ3n) is 6.21. The van der Waals surface area contributed by atoms with E-state index in [1.807, 2.05) is 44.2 Å². The zero-order valence-electron chi connectivity index (χ0n) is 17.4. The summed E-state index contributed by atoms with van der Waals surface area (Å²) in [6.45, 7) is 3.66. The summed E-state index contributed by atoms with van der Waals surface area (Å²) in [4.78, 5) is 0. The van der Waals surface area contributed by atoms with Crippen LogP contribution < -0.4 is 4.74 Å². The Balaban J connectivity index is 1.69. The van der Waals surface area contributed by atoms with Crippen LogP contribution in [0, 0.1) is 6.92 Å². The molecule has 2 fully saturated rings. The van der Waals surface area contributed by atoms with Crippen molar-refractivity contribution >= 4 is 0 Å². The van der Waals surface area contributed by atoms with Gasteiger partial charge in [-0.05, 0) is 55.2 Å². The predicted molar refractivity (Wildman–Crippen MR) is 109 cm³/mol. The highest BCUT2D eigenvalue weighted by Crippen LogP contribution is 2.52. The number of hydrogen-bond acceptors (Lipinski definition) is 8. The van der Waals surface area contributed by atoms with Gasteiger partial charge in [0.2, 0.25) is 5.79 Å². The zero-order valence-corrected chi connectivity index (χ0v) is 17.4. The number of hydrogen-bond donors (Lipinski definition) is 5.